The van der Waals surface area contributed by atoms with Gasteiger partial charge in [0.05, 0.1) is 4.88 Å². The standard InChI is InChI=1S/C14H12N2O3S/c1-18-8-13(17)15-9-4-5-11-10(7-9)16-14(19-11)12-3-2-6-20-12/h2-7H,8H2,1H3,(H,15,17). The molecular weight excluding hydrogens is 276 g/mol. The smallest absolute Gasteiger partial charge is 0.250 e. The van der Waals surface area contributed by atoms with Crippen molar-refractivity contribution in [2.45, 2.75) is 0 Å². The van der Waals surface area contributed by atoms with Crippen molar-refractivity contribution < 1.29 is 13.9 Å². The number of oxazole rings is 1. The van der Waals surface area contributed by atoms with Gasteiger partial charge in [-0.05, 0) is 29.6 Å². The molecule has 2 aromatic heterocycles. The summed E-state index contributed by atoms with van der Waals surface area (Å²) in [6, 6.07) is 9.26. The molecule has 0 bridgehead atoms. The number of carbonyl (C=O) groups excluding carboxylic acids is 1. The van der Waals surface area contributed by atoms with Gasteiger partial charge in [-0.25, -0.2) is 4.98 Å². The molecule has 0 atom stereocenters. The van der Waals surface area contributed by atoms with Crippen LogP contribution in [0, 0.1) is 0 Å². The van der Waals surface area contributed by atoms with Gasteiger partial charge in [0.15, 0.2) is 5.58 Å². The minimum absolute atomic E-state index is 0.0251. The second-order valence-electron chi connectivity index (χ2n) is 4.16. The van der Waals surface area contributed by atoms with E-state index in [1.54, 1.807) is 29.5 Å². The number of thiophene rings is 1. The van der Waals surface area contributed by atoms with Gasteiger partial charge in [0.2, 0.25) is 11.8 Å². The van der Waals surface area contributed by atoms with E-state index in [2.05, 4.69) is 10.3 Å². The number of ether oxygens (including phenoxy) is 1. The molecule has 0 saturated heterocycles. The maximum absolute atomic E-state index is 11.5. The van der Waals surface area contributed by atoms with Crippen molar-refractivity contribution in [3.05, 3.63) is 35.7 Å². The first kappa shape index (κ1) is 12.8. The summed E-state index contributed by atoms with van der Waals surface area (Å²) in [7, 11) is 1.48. The lowest BCUT2D eigenvalue weighted by Crippen LogP contribution is -2.16. The van der Waals surface area contributed by atoms with Crippen LogP contribution in [0.1, 0.15) is 0 Å². The van der Waals surface area contributed by atoms with Crippen LogP contribution in [0.3, 0.4) is 0 Å². The SMILES string of the molecule is COCC(=O)Nc1ccc2oc(-c3cccs3)nc2c1. The highest BCUT2D eigenvalue weighted by Crippen LogP contribution is 2.28. The van der Waals surface area contributed by atoms with E-state index in [-0.39, 0.29) is 12.5 Å². The molecule has 3 aromatic rings. The number of methoxy groups -OCH3 is 1. The van der Waals surface area contributed by atoms with Crippen LogP contribution < -0.4 is 5.32 Å². The fourth-order valence-electron chi connectivity index (χ4n) is 1.84. The zero-order valence-corrected chi connectivity index (χ0v) is 11.6. The van der Waals surface area contributed by atoms with Crippen molar-refractivity contribution in [1.82, 2.24) is 4.98 Å². The minimum atomic E-state index is -0.200. The lowest BCUT2D eigenvalue weighted by Gasteiger charge is -2.03. The van der Waals surface area contributed by atoms with E-state index >= 15 is 0 Å². The lowest BCUT2D eigenvalue weighted by atomic mass is 10.3. The number of hydrogen-bond acceptors (Lipinski definition) is 5. The molecule has 0 aliphatic rings. The van der Waals surface area contributed by atoms with Crippen LogP contribution >= 0.6 is 11.3 Å². The van der Waals surface area contributed by atoms with Crippen LogP contribution in [0.2, 0.25) is 0 Å². The number of hydrogen-bond donors (Lipinski definition) is 1. The Balaban J connectivity index is 1.89. The third kappa shape index (κ3) is 2.56. The summed E-state index contributed by atoms with van der Waals surface area (Å²) in [5.74, 6) is 0.393. The molecule has 0 unspecified atom stereocenters. The predicted octanol–water partition coefficient (Wildman–Crippen LogP) is 3.14. The summed E-state index contributed by atoms with van der Waals surface area (Å²) in [5, 5.41) is 4.71. The summed E-state index contributed by atoms with van der Waals surface area (Å²) in [5.41, 5.74) is 2.08. The molecular formula is C14H12N2O3S. The second kappa shape index (κ2) is 5.44. The van der Waals surface area contributed by atoms with Crippen molar-refractivity contribution >= 4 is 34.0 Å². The first-order valence-electron chi connectivity index (χ1n) is 5.99. The molecule has 1 aromatic carbocycles. The molecule has 0 aliphatic heterocycles. The largest absolute Gasteiger partial charge is 0.435 e. The van der Waals surface area contributed by atoms with Gasteiger partial charge in [-0.2, -0.15) is 0 Å². The Morgan fingerprint density at radius 2 is 2.35 bits per heavy atom. The molecule has 0 aliphatic carbocycles. The molecule has 0 fully saturated rings. The van der Waals surface area contributed by atoms with E-state index in [0.29, 0.717) is 22.7 Å². The van der Waals surface area contributed by atoms with Gasteiger partial charge >= 0.3 is 0 Å². The average Bonchev–Trinajstić information content (AvgIpc) is 3.07. The monoisotopic (exact) mass is 288 g/mol. The molecule has 3 rings (SSSR count). The topological polar surface area (TPSA) is 64.4 Å². The zero-order valence-electron chi connectivity index (χ0n) is 10.8. The molecule has 0 spiro atoms. The Labute approximate surface area is 119 Å². The average molecular weight is 288 g/mol. The van der Waals surface area contributed by atoms with Gasteiger partial charge in [0.25, 0.3) is 0 Å². The molecule has 1 N–H and O–H groups in total. The molecule has 0 radical (unpaired) electrons. The lowest BCUT2D eigenvalue weighted by molar-refractivity contribution is -0.119. The Hall–Kier alpha value is -2.18. The molecule has 6 heteroatoms. The van der Waals surface area contributed by atoms with Crippen LogP contribution in [-0.4, -0.2) is 24.6 Å². The number of carbonyl (C=O) groups is 1. The van der Waals surface area contributed by atoms with Crippen molar-refractivity contribution in [1.29, 1.82) is 0 Å². The summed E-state index contributed by atoms with van der Waals surface area (Å²) in [6.45, 7) is 0.0251. The van der Waals surface area contributed by atoms with Crippen LogP contribution in [0.4, 0.5) is 5.69 Å². The number of nitrogens with zero attached hydrogens (tertiary/aromatic N) is 1. The molecule has 20 heavy (non-hydrogen) atoms. The summed E-state index contributed by atoms with van der Waals surface area (Å²) < 4.78 is 10.5. The Kier molecular flexibility index (Phi) is 3.49. The van der Waals surface area contributed by atoms with Gasteiger partial charge in [-0.3, -0.25) is 4.79 Å². The quantitative estimate of drug-likeness (QED) is 0.801. The highest BCUT2D eigenvalue weighted by atomic mass is 32.1. The van der Waals surface area contributed by atoms with Crippen molar-refractivity contribution in [2.75, 3.05) is 19.0 Å². The summed E-state index contributed by atoms with van der Waals surface area (Å²) in [4.78, 5) is 16.9. The van der Waals surface area contributed by atoms with Crippen LogP contribution in [0.25, 0.3) is 21.9 Å². The highest BCUT2D eigenvalue weighted by molar-refractivity contribution is 7.13. The van der Waals surface area contributed by atoms with Gasteiger partial charge in [0.1, 0.15) is 12.1 Å². The third-order valence-corrected chi connectivity index (χ3v) is 3.54. The maximum Gasteiger partial charge on any atom is 0.250 e. The number of benzene rings is 1. The van der Waals surface area contributed by atoms with Crippen LogP contribution in [-0.2, 0) is 9.53 Å². The first-order chi connectivity index (χ1) is 9.76. The van der Waals surface area contributed by atoms with Crippen molar-refractivity contribution in [3.63, 3.8) is 0 Å². The number of rotatable bonds is 4. The van der Waals surface area contributed by atoms with Crippen molar-refractivity contribution in [2.24, 2.45) is 0 Å². The normalized spacial score (nSPS) is 10.8. The highest BCUT2D eigenvalue weighted by Gasteiger charge is 2.10. The van der Waals surface area contributed by atoms with Crippen LogP contribution in [0.15, 0.2) is 40.1 Å². The fraction of sp³-hybridized carbons (Fsp3) is 0.143. The molecule has 1 amide bonds. The minimum Gasteiger partial charge on any atom is -0.435 e. The summed E-state index contributed by atoms with van der Waals surface area (Å²) in [6.07, 6.45) is 0. The van der Waals surface area contributed by atoms with Gasteiger partial charge in [0, 0.05) is 12.8 Å². The molecule has 5 nitrogen and oxygen atoms in total. The van der Waals surface area contributed by atoms with E-state index in [1.807, 2.05) is 17.5 Å². The van der Waals surface area contributed by atoms with Crippen molar-refractivity contribution in [3.8, 4) is 10.8 Å². The third-order valence-electron chi connectivity index (χ3n) is 2.68. The number of nitrogens with one attached hydrogen (secondary N) is 1. The van der Waals surface area contributed by atoms with Gasteiger partial charge in [-0.1, -0.05) is 6.07 Å². The summed E-state index contributed by atoms with van der Waals surface area (Å²) >= 11 is 1.57. The maximum atomic E-state index is 11.5. The zero-order chi connectivity index (χ0) is 13.9. The predicted molar refractivity (Wildman–Crippen MR) is 77.8 cm³/mol. The number of amides is 1. The Morgan fingerprint density at radius 1 is 1.45 bits per heavy atom. The van der Waals surface area contributed by atoms with E-state index in [0.717, 1.165) is 4.88 Å². The Bertz CT molecular complexity index is 734. The second-order valence-corrected chi connectivity index (χ2v) is 5.11. The van der Waals surface area contributed by atoms with Crippen LogP contribution in [0.5, 0.6) is 0 Å². The number of aromatic nitrogens is 1. The molecule has 0 saturated carbocycles. The molecule has 102 valence electrons. The number of anilines is 1. The number of fused-ring (bicyclic) bond motifs is 1. The van der Waals surface area contributed by atoms with Gasteiger partial charge < -0.3 is 14.5 Å². The fourth-order valence-corrected chi connectivity index (χ4v) is 2.49. The van der Waals surface area contributed by atoms with E-state index in [1.165, 1.54) is 7.11 Å². The van der Waals surface area contributed by atoms with E-state index in [9.17, 15) is 4.79 Å². The van der Waals surface area contributed by atoms with Gasteiger partial charge in [-0.15, -0.1) is 11.3 Å². The van der Waals surface area contributed by atoms with E-state index < -0.39 is 0 Å². The first-order valence-corrected chi connectivity index (χ1v) is 6.87. The Morgan fingerprint density at radius 3 is 3.10 bits per heavy atom. The van der Waals surface area contributed by atoms with E-state index in [4.69, 9.17) is 9.15 Å². The molecule has 2 heterocycles.